The smallest absolute Gasteiger partial charge is 0.193 e. The monoisotopic (exact) mass is 533 g/mol. The summed E-state index contributed by atoms with van der Waals surface area (Å²) >= 11 is 2.08. The molecule has 3 atom stereocenters. The minimum absolute atomic E-state index is 0. The molecule has 0 bridgehead atoms. The second kappa shape index (κ2) is 11.6. The topological polar surface area (TPSA) is 53.0 Å². The molecule has 1 aromatic rings. The van der Waals surface area contributed by atoms with E-state index in [0.717, 1.165) is 50.3 Å². The van der Waals surface area contributed by atoms with Gasteiger partial charge in [-0.05, 0) is 31.4 Å². The SMILES string of the molecule is CN=C(NCc1ccc(N2CC(C)OC(C)C2)nc1)N1CCSC(C(C)C)C1.I. The summed E-state index contributed by atoms with van der Waals surface area (Å²) in [6.07, 6.45) is 2.46. The summed E-state index contributed by atoms with van der Waals surface area (Å²) in [5.74, 6) is 3.87. The van der Waals surface area contributed by atoms with Gasteiger partial charge in [0.1, 0.15) is 5.82 Å². The third kappa shape index (κ3) is 6.89. The number of hydrogen-bond donors (Lipinski definition) is 1. The molecule has 29 heavy (non-hydrogen) atoms. The average Bonchev–Trinajstić information content (AvgIpc) is 2.68. The molecule has 2 fully saturated rings. The van der Waals surface area contributed by atoms with Crippen LogP contribution in [0.1, 0.15) is 33.3 Å². The van der Waals surface area contributed by atoms with Gasteiger partial charge in [-0.15, -0.1) is 24.0 Å². The number of rotatable bonds is 4. The molecule has 0 spiro atoms. The molecule has 2 saturated heterocycles. The number of thioether (sulfide) groups is 1. The number of nitrogens with zero attached hydrogens (tertiary/aromatic N) is 4. The van der Waals surface area contributed by atoms with Crippen LogP contribution in [0, 0.1) is 5.92 Å². The molecule has 3 unspecified atom stereocenters. The number of aliphatic imine (C=N–C) groups is 1. The Labute approximate surface area is 197 Å². The third-order valence-electron chi connectivity index (χ3n) is 5.35. The zero-order valence-corrected chi connectivity index (χ0v) is 21.4. The van der Waals surface area contributed by atoms with Crippen LogP contribution in [0.4, 0.5) is 5.82 Å². The fourth-order valence-corrected chi connectivity index (χ4v) is 5.16. The number of morpholine rings is 1. The lowest BCUT2D eigenvalue weighted by Crippen LogP contribution is -2.48. The average molecular weight is 534 g/mol. The van der Waals surface area contributed by atoms with Crippen molar-refractivity contribution in [2.24, 2.45) is 10.9 Å². The largest absolute Gasteiger partial charge is 0.372 e. The van der Waals surface area contributed by atoms with Crippen LogP contribution in [0.5, 0.6) is 0 Å². The highest BCUT2D eigenvalue weighted by Gasteiger charge is 2.25. The molecule has 0 saturated carbocycles. The van der Waals surface area contributed by atoms with Crippen molar-refractivity contribution in [3.63, 3.8) is 0 Å². The summed E-state index contributed by atoms with van der Waals surface area (Å²) in [4.78, 5) is 13.9. The molecule has 1 N–H and O–H groups in total. The van der Waals surface area contributed by atoms with Gasteiger partial charge in [-0.1, -0.05) is 19.9 Å². The molecule has 6 nitrogen and oxygen atoms in total. The molecule has 2 aliphatic rings. The predicted octanol–water partition coefficient (Wildman–Crippen LogP) is 3.46. The maximum Gasteiger partial charge on any atom is 0.193 e. The number of pyridine rings is 1. The first-order valence-corrected chi connectivity index (χ1v) is 11.4. The van der Waals surface area contributed by atoms with Gasteiger partial charge in [0.05, 0.1) is 12.2 Å². The first-order chi connectivity index (χ1) is 13.5. The lowest BCUT2D eigenvalue weighted by atomic mass is 10.1. The minimum atomic E-state index is 0. The van der Waals surface area contributed by atoms with Crippen molar-refractivity contribution < 1.29 is 4.74 Å². The van der Waals surface area contributed by atoms with Crippen molar-refractivity contribution in [2.75, 3.05) is 43.9 Å². The molecule has 2 aliphatic heterocycles. The van der Waals surface area contributed by atoms with Crippen molar-refractivity contribution in [1.82, 2.24) is 15.2 Å². The summed E-state index contributed by atoms with van der Waals surface area (Å²) in [7, 11) is 1.87. The number of ether oxygens (including phenoxy) is 1. The van der Waals surface area contributed by atoms with E-state index in [-0.39, 0.29) is 36.2 Å². The van der Waals surface area contributed by atoms with E-state index in [1.54, 1.807) is 0 Å². The van der Waals surface area contributed by atoms with Gasteiger partial charge < -0.3 is 19.9 Å². The summed E-state index contributed by atoms with van der Waals surface area (Å²) in [6.45, 7) is 13.5. The van der Waals surface area contributed by atoms with E-state index in [1.807, 2.05) is 13.2 Å². The molecule has 0 amide bonds. The maximum absolute atomic E-state index is 5.82. The molecule has 0 aromatic carbocycles. The zero-order valence-electron chi connectivity index (χ0n) is 18.3. The van der Waals surface area contributed by atoms with Crippen LogP contribution in [0.2, 0.25) is 0 Å². The molecular weight excluding hydrogens is 497 g/mol. The molecule has 3 rings (SSSR count). The van der Waals surface area contributed by atoms with Crippen molar-refractivity contribution in [3.8, 4) is 0 Å². The van der Waals surface area contributed by atoms with E-state index < -0.39 is 0 Å². The van der Waals surface area contributed by atoms with Gasteiger partial charge in [0.15, 0.2) is 5.96 Å². The highest BCUT2D eigenvalue weighted by atomic mass is 127. The number of hydrogen-bond acceptors (Lipinski definition) is 5. The van der Waals surface area contributed by atoms with Gasteiger partial charge in [0, 0.05) is 57.0 Å². The Balaban J connectivity index is 0.00000300. The van der Waals surface area contributed by atoms with Crippen molar-refractivity contribution in [2.45, 2.75) is 51.7 Å². The molecule has 3 heterocycles. The highest BCUT2D eigenvalue weighted by Crippen LogP contribution is 2.25. The van der Waals surface area contributed by atoms with Crippen LogP contribution in [0.15, 0.2) is 23.3 Å². The number of guanidine groups is 1. The van der Waals surface area contributed by atoms with Crippen LogP contribution in [-0.4, -0.2) is 72.3 Å². The van der Waals surface area contributed by atoms with Crippen LogP contribution in [0.25, 0.3) is 0 Å². The van der Waals surface area contributed by atoms with E-state index in [1.165, 1.54) is 5.56 Å². The number of halogens is 1. The van der Waals surface area contributed by atoms with Crippen molar-refractivity contribution >= 4 is 47.5 Å². The number of anilines is 1. The molecular formula is C21H36IN5OS. The van der Waals surface area contributed by atoms with E-state index in [4.69, 9.17) is 9.72 Å². The van der Waals surface area contributed by atoms with Crippen LogP contribution in [-0.2, 0) is 11.3 Å². The first kappa shape index (κ1) is 24.5. The molecule has 0 radical (unpaired) electrons. The standard InChI is InChI=1S/C21H35N5OS.HI/c1-15(2)19-14-25(8-9-28-19)21(22-5)24-11-18-6-7-20(23-10-18)26-12-16(3)27-17(4)13-26;/h6-7,10,15-17,19H,8-9,11-14H2,1-5H3,(H,22,24);1H. The normalized spacial score (nSPS) is 25.7. The van der Waals surface area contributed by atoms with Crippen LogP contribution < -0.4 is 10.2 Å². The van der Waals surface area contributed by atoms with Crippen molar-refractivity contribution in [3.05, 3.63) is 23.9 Å². The summed E-state index contributed by atoms with van der Waals surface area (Å²) in [5, 5.41) is 4.19. The maximum atomic E-state index is 5.82. The van der Waals surface area contributed by atoms with Gasteiger partial charge in [-0.3, -0.25) is 4.99 Å². The Hall–Kier alpha value is -0.740. The second-order valence-corrected chi connectivity index (χ2v) is 9.53. The fourth-order valence-electron chi connectivity index (χ4n) is 3.86. The molecule has 1 aromatic heterocycles. The number of aromatic nitrogens is 1. The third-order valence-corrected chi connectivity index (χ3v) is 6.89. The van der Waals surface area contributed by atoms with Gasteiger partial charge in [-0.2, -0.15) is 11.8 Å². The lowest BCUT2D eigenvalue weighted by Gasteiger charge is -2.36. The fraction of sp³-hybridized carbons (Fsp3) is 0.714. The molecule has 0 aliphatic carbocycles. The Morgan fingerprint density at radius 2 is 2.00 bits per heavy atom. The van der Waals surface area contributed by atoms with Crippen LogP contribution >= 0.6 is 35.7 Å². The summed E-state index contributed by atoms with van der Waals surface area (Å²) in [6, 6.07) is 4.28. The second-order valence-electron chi connectivity index (χ2n) is 8.19. The van der Waals surface area contributed by atoms with E-state index >= 15 is 0 Å². The Kier molecular flexibility index (Phi) is 9.81. The Morgan fingerprint density at radius 1 is 1.28 bits per heavy atom. The van der Waals surface area contributed by atoms with Gasteiger partial charge >= 0.3 is 0 Å². The van der Waals surface area contributed by atoms with E-state index in [2.05, 4.69) is 71.7 Å². The van der Waals surface area contributed by atoms with E-state index in [0.29, 0.717) is 11.2 Å². The van der Waals surface area contributed by atoms with Crippen LogP contribution in [0.3, 0.4) is 0 Å². The summed E-state index contributed by atoms with van der Waals surface area (Å²) < 4.78 is 5.82. The Bertz CT molecular complexity index is 647. The Morgan fingerprint density at radius 3 is 2.59 bits per heavy atom. The minimum Gasteiger partial charge on any atom is -0.372 e. The van der Waals surface area contributed by atoms with Gasteiger partial charge in [0.2, 0.25) is 0 Å². The van der Waals surface area contributed by atoms with Gasteiger partial charge in [-0.25, -0.2) is 4.98 Å². The number of nitrogens with one attached hydrogen (secondary N) is 1. The van der Waals surface area contributed by atoms with E-state index in [9.17, 15) is 0 Å². The quantitative estimate of drug-likeness (QED) is 0.364. The van der Waals surface area contributed by atoms with Crippen molar-refractivity contribution in [1.29, 1.82) is 0 Å². The molecule has 164 valence electrons. The van der Waals surface area contributed by atoms with Gasteiger partial charge in [0.25, 0.3) is 0 Å². The molecule has 8 heteroatoms. The predicted molar refractivity (Wildman–Crippen MR) is 135 cm³/mol. The first-order valence-electron chi connectivity index (χ1n) is 10.4. The zero-order chi connectivity index (χ0) is 20.1. The lowest BCUT2D eigenvalue weighted by molar-refractivity contribution is -0.00545. The summed E-state index contributed by atoms with van der Waals surface area (Å²) in [5.41, 5.74) is 1.17. The highest BCUT2D eigenvalue weighted by molar-refractivity contribution is 14.0.